The second-order valence-electron chi connectivity index (χ2n) is 6.00. The number of benzene rings is 2. The van der Waals surface area contributed by atoms with Gasteiger partial charge in [0.15, 0.2) is 0 Å². The molecule has 0 aliphatic carbocycles. The maximum absolute atomic E-state index is 12.5. The summed E-state index contributed by atoms with van der Waals surface area (Å²) >= 11 is 12.1. The molecule has 0 saturated carbocycles. The van der Waals surface area contributed by atoms with Crippen LogP contribution in [0.3, 0.4) is 0 Å². The van der Waals surface area contributed by atoms with Crippen molar-refractivity contribution in [3.8, 4) is 5.75 Å². The number of piperazine rings is 1. The highest BCUT2D eigenvalue weighted by Gasteiger charge is 2.27. The van der Waals surface area contributed by atoms with E-state index in [2.05, 4.69) is 10.2 Å². The zero-order valence-corrected chi connectivity index (χ0v) is 16.3. The molecule has 1 N–H and O–H groups in total. The highest BCUT2D eigenvalue weighted by Crippen LogP contribution is 2.30. The van der Waals surface area contributed by atoms with Crippen molar-refractivity contribution in [2.45, 2.75) is 0 Å². The molecule has 0 spiro atoms. The van der Waals surface area contributed by atoms with E-state index < -0.39 is 11.8 Å². The Morgan fingerprint density at radius 3 is 2.22 bits per heavy atom. The fourth-order valence-corrected chi connectivity index (χ4v) is 3.46. The lowest BCUT2D eigenvalue weighted by molar-refractivity contribution is -0.143. The van der Waals surface area contributed by atoms with Crippen molar-refractivity contribution in [3.05, 3.63) is 52.5 Å². The van der Waals surface area contributed by atoms with Gasteiger partial charge in [-0.3, -0.25) is 9.59 Å². The summed E-state index contributed by atoms with van der Waals surface area (Å²) in [7, 11) is 1.63. The van der Waals surface area contributed by atoms with E-state index in [1.165, 1.54) is 4.90 Å². The Morgan fingerprint density at radius 2 is 1.59 bits per heavy atom. The molecule has 2 amide bonds. The van der Waals surface area contributed by atoms with Gasteiger partial charge in [-0.15, -0.1) is 0 Å². The van der Waals surface area contributed by atoms with Gasteiger partial charge in [0.2, 0.25) is 0 Å². The molecule has 1 saturated heterocycles. The molecule has 1 aliphatic heterocycles. The molecular weight excluding hydrogens is 389 g/mol. The van der Waals surface area contributed by atoms with E-state index in [-0.39, 0.29) is 15.7 Å². The van der Waals surface area contributed by atoms with E-state index in [4.69, 9.17) is 27.9 Å². The molecule has 0 radical (unpaired) electrons. The van der Waals surface area contributed by atoms with Crippen molar-refractivity contribution in [2.24, 2.45) is 0 Å². The van der Waals surface area contributed by atoms with E-state index >= 15 is 0 Å². The molecule has 3 rings (SSSR count). The van der Waals surface area contributed by atoms with Gasteiger partial charge in [-0.05, 0) is 24.3 Å². The number of hydrogen-bond donors (Lipinski definition) is 1. The zero-order chi connectivity index (χ0) is 19.4. The summed E-state index contributed by atoms with van der Waals surface area (Å²) < 4.78 is 5.39. The SMILES string of the molecule is COc1ccccc1N1CCN(C(=O)C(=O)Nc2c(Cl)cccc2Cl)CC1. The van der Waals surface area contributed by atoms with Gasteiger partial charge in [-0.2, -0.15) is 0 Å². The minimum atomic E-state index is -0.754. The van der Waals surface area contributed by atoms with Gasteiger partial charge in [0.05, 0.1) is 28.5 Å². The van der Waals surface area contributed by atoms with Crippen LogP contribution in [0, 0.1) is 0 Å². The molecule has 1 heterocycles. The summed E-state index contributed by atoms with van der Waals surface area (Å²) in [6.45, 7) is 2.07. The number of ether oxygens (including phenoxy) is 1. The van der Waals surface area contributed by atoms with Gasteiger partial charge < -0.3 is 19.9 Å². The molecule has 8 heteroatoms. The van der Waals surface area contributed by atoms with Crippen molar-refractivity contribution in [1.82, 2.24) is 4.90 Å². The van der Waals surface area contributed by atoms with Gasteiger partial charge in [0, 0.05) is 26.2 Å². The highest BCUT2D eigenvalue weighted by atomic mass is 35.5. The van der Waals surface area contributed by atoms with Crippen LogP contribution >= 0.6 is 23.2 Å². The summed E-state index contributed by atoms with van der Waals surface area (Å²) in [6, 6.07) is 12.6. The van der Waals surface area contributed by atoms with Crippen LogP contribution in [0.2, 0.25) is 10.0 Å². The lowest BCUT2D eigenvalue weighted by atomic mass is 10.2. The third-order valence-electron chi connectivity index (χ3n) is 4.39. The van der Waals surface area contributed by atoms with Gasteiger partial charge in [-0.1, -0.05) is 41.4 Å². The van der Waals surface area contributed by atoms with Crippen LogP contribution in [-0.4, -0.2) is 50.0 Å². The molecule has 142 valence electrons. The molecule has 27 heavy (non-hydrogen) atoms. The van der Waals surface area contributed by atoms with E-state index in [1.807, 2.05) is 24.3 Å². The number of methoxy groups -OCH3 is 1. The van der Waals surface area contributed by atoms with Gasteiger partial charge in [0.1, 0.15) is 5.75 Å². The summed E-state index contributed by atoms with van der Waals surface area (Å²) in [4.78, 5) is 28.4. The maximum Gasteiger partial charge on any atom is 0.313 e. The zero-order valence-electron chi connectivity index (χ0n) is 14.7. The topological polar surface area (TPSA) is 61.9 Å². The molecule has 1 fully saturated rings. The normalized spacial score (nSPS) is 14.0. The summed E-state index contributed by atoms with van der Waals surface area (Å²) in [6.07, 6.45) is 0. The quantitative estimate of drug-likeness (QED) is 0.792. The van der Waals surface area contributed by atoms with E-state index in [9.17, 15) is 9.59 Å². The first-order chi connectivity index (χ1) is 13.0. The summed E-state index contributed by atoms with van der Waals surface area (Å²) in [5, 5.41) is 3.07. The lowest BCUT2D eigenvalue weighted by Gasteiger charge is -2.36. The first kappa shape index (κ1) is 19.3. The van der Waals surface area contributed by atoms with E-state index in [0.717, 1.165) is 11.4 Å². The fourth-order valence-electron chi connectivity index (χ4n) is 2.97. The Morgan fingerprint density at radius 1 is 0.963 bits per heavy atom. The molecule has 1 aliphatic rings. The fraction of sp³-hybridized carbons (Fsp3) is 0.263. The van der Waals surface area contributed by atoms with Gasteiger partial charge in [-0.25, -0.2) is 0 Å². The Labute approximate surface area is 167 Å². The summed E-state index contributed by atoms with van der Waals surface area (Å²) in [5.74, 6) is -0.579. The monoisotopic (exact) mass is 407 g/mol. The van der Waals surface area contributed by atoms with E-state index in [0.29, 0.717) is 26.2 Å². The number of hydrogen-bond acceptors (Lipinski definition) is 4. The number of nitrogens with one attached hydrogen (secondary N) is 1. The van der Waals surface area contributed by atoms with Crippen molar-refractivity contribution in [1.29, 1.82) is 0 Å². The molecular formula is C19H19Cl2N3O3. The molecule has 0 bridgehead atoms. The van der Waals surface area contributed by atoms with E-state index in [1.54, 1.807) is 25.3 Å². The van der Waals surface area contributed by atoms with Crippen molar-refractivity contribution in [2.75, 3.05) is 43.5 Å². The number of para-hydroxylation sites is 3. The standard InChI is InChI=1S/C19H19Cl2N3O3/c1-27-16-8-3-2-7-15(16)23-9-11-24(12-10-23)19(26)18(25)22-17-13(20)5-4-6-14(17)21/h2-8H,9-12H2,1H3,(H,22,25). The molecule has 0 aromatic heterocycles. The second-order valence-corrected chi connectivity index (χ2v) is 6.82. The number of amides is 2. The van der Waals surface area contributed by atoms with Crippen LogP contribution in [0.1, 0.15) is 0 Å². The number of nitrogens with zero attached hydrogens (tertiary/aromatic N) is 2. The van der Waals surface area contributed by atoms with Crippen LogP contribution < -0.4 is 15.0 Å². The highest BCUT2D eigenvalue weighted by molar-refractivity contribution is 6.44. The largest absolute Gasteiger partial charge is 0.495 e. The predicted molar refractivity (Wildman–Crippen MR) is 107 cm³/mol. The average Bonchev–Trinajstić information content (AvgIpc) is 2.70. The first-order valence-corrected chi connectivity index (χ1v) is 9.19. The number of halogens is 2. The number of rotatable bonds is 3. The van der Waals surface area contributed by atoms with Gasteiger partial charge in [0.25, 0.3) is 0 Å². The van der Waals surface area contributed by atoms with Crippen LogP contribution in [0.15, 0.2) is 42.5 Å². The van der Waals surface area contributed by atoms with Crippen LogP contribution in [0.25, 0.3) is 0 Å². The van der Waals surface area contributed by atoms with Crippen molar-refractivity contribution >= 4 is 46.4 Å². The van der Waals surface area contributed by atoms with Crippen LogP contribution in [-0.2, 0) is 9.59 Å². The third-order valence-corrected chi connectivity index (χ3v) is 5.02. The number of carbonyl (C=O) groups excluding carboxylic acids is 2. The minimum absolute atomic E-state index is 0.242. The smallest absolute Gasteiger partial charge is 0.313 e. The average molecular weight is 408 g/mol. The Bertz CT molecular complexity index is 832. The van der Waals surface area contributed by atoms with Crippen LogP contribution in [0.4, 0.5) is 11.4 Å². The maximum atomic E-state index is 12.5. The van der Waals surface area contributed by atoms with Crippen LogP contribution in [0.5, 0.6) is 5.75 Å². The Balaban J connectivity index is 1.62. The minimum Gasteiger partial charge on any atom is -0.495 e. The van der Waals surface area contributed by atoms with Gasteiger partial charge >= 0.3 is 11.8 Å². The molecule has 6 nitrogen and oxygen atoms in total. The molecule has 2 aromatic carbocycles. The Kier molecular flexibility index (Phi) is 6.08. The summed E-state index contributed by atoms with van der Waals surface area (Å²) in [5.41, 5.74) is 1.21. The number of carbonyl (C=O) groups is 2. The molecule has 0 atom stereocenters. The number of anilines is 2. The third kappa shape index (κ3) is 4.28. The predicted octanol–water partition coefficient (Wildman–Crippen LogP) is 3.29. The Hall–Kier alpha value is -2.44. The molecule has 0 unspecified atom stereocenters. The van der Waals surface area contributed by atoms with Crippen molar-refractivity contribution in [3.63, 3.8) is 0 Å². The molecule has 2 aromatic rings. The first-order valence-electron chi connectivity index (χ1n) is 8.43. The van der Waals surface area contributed by atoms with Crippen molar-refractivity contribution < 1.29 is 14.3 Å². The lowest BCUT2D eigenvalue weighted by Crippen LogP contribution is -2.51. The second kappa shape index (κ2) is 8.50.